The molecule has 4 amide bonds. The maximum atomic E-state index is 11.9. The third-order valence-corrected chi connectivity index (χ3v) is 5.90. The highest BCUT2D eigenvalue weighted by molar-refractivity contribution is 5.96. The van der Waals surface area contributed by atoms with E-state index < -0.39 is 11.6 Å². The van der Waals surface area contributed by atoms with E-state index in [0.717, 1.165) is 24.1 Å². The minimum atomic E-state index is -0.602. The predicted molar refractivity (Wildman–Crippen MR) is 145 cm³/mol. The van der Waals surface area contributed by atoms with Crippen molar-refractivity contribution in [2.24, 2.45) is 16.5 Å². The number of urea groups is 1. The molecule has 0 radical (unpaired) electrons. The number of benzene rings is 2. The number of nitrogens with two attached hydrogens (primary N) is 2. The predicted octanol–water partition coefficient (Wildman–Crippen LogP) is 2.23. The van der Waals surface area contributed by atoms with Gasteiger partial charge in [-0.15, -0.1) is 0 Å². The topological polar surface area (TPSA) is 164 Å². The Kier molecular flexibility index (Phi) is 10.6. The summed E-state index contributed by atoms with van der Waals surface area (Å²) in [7, 11) is 4.84. The number of anilines is 2. The van der Waals surface area contributed by atoms with Crippen LogP contribution < -0.4 is 27.4 Å². The standard InChI is InChI=1S/C16H21N3O3.C10H14N4O/c1-3-14(20)19-10-4-9-16(11-19,22-2)12-5-7-13(8-6-12)18-15(17)21;1-12-9(15)7-3-5-8(6-4-7)14-10(11)13-2/h3,5-8H,1,4,9-11H2,2H3,(H3,17,18,21);3-6H,1-2H3,(H,12,15)(H3,11,13,14). The molecule has 0 aliphatic carbocycles. The van der Waals surface area contributed by atoms with Crippen LogP contribution in [0.3, 0.4) is 0 Å². The van der Waals surface area contributed by atoms with Gasteiger partial charge in [-0.25, -0.2) is 4.79 Å². The fourth-order valence-corrected chi connectivity index (χ4v) is 3.91. The highest BCUT2D eigenvalue weighted by Gasteiger charge is 2.38. The molecule has 2 aromatic carbocycles. The number of carbonyl (C=O) groups excluding carboxylic acids is 3. The van der Waals surface area contributed by atoms with Crippen molar-refractivity contribution >= 4 is 35.2 Å². The second kappa shape index (κ2) is 13.6. The Morgan fingerprint density at radius 2 is 1.65 bits per heavy atom. The van der Waals surface area contributed by atoms with Crippen LogP contribution in [0.25, 0.3) is 0 Å². The lowest BCUT2D eigenvalue weighted by molar-refractivity contribution is -0.136. The van der Waals surface area contributed by atoms with Gasteiger partial charge in [0, 0.05) is 44.7 Å². The first-order valence-corrected chi connectivity index (χ1v) is 11.6. The second-order valence-corrected chi connectivity index (χ2v) is 8.22. The van der Waals surface area contributed by atoms with Crippen molar-refractivity contribution < 1.29 is 19.1 Å². The van der Waals surface area contributed by atoms with Crippen molar-refractivity contribution in [3.63, 3.8) is 0 Å². The lowest BCUT2D eigenvalue weighted by Gasteiger charge is -2.42. The molecule has 11 nitrogen and oxygen atoms in total. The molecule has 1 aliphatic rings. The summed E-state index contributed by atoms with van der Waals surface area (Å²) in [4.78, 5) is 39.5. The summed E-state index contributed by atoms with van der Waals surface area (Å²) >= 11 is 0. The highest BCUT2D eigenvalue weighted by Crippen LogP contribution is 2.35. The number of guanidine groups is 1. The first kappa shape index (κ1) is 28.9. The molecular weight excluding hydrogens is 474 g/mol. The summed E-state index contributed by atoms with van der Waals surface area (Å²) in [6.07, 6.45) is 3.01. The van der Waals surface area contributed by atoms with Gasteiger partial charge in [0.15, 0.2) is 5.96 Å². The van der Waals surface area contributed by atoms with E-state index in [2.05, 4.69) is 27.5 Å². The van der Waals surface area contributed by atoms with Gasteiger partial charge in [-0.3, -0.25) is 14.6 Å². The zero-order chi connectivity index (χ0) is 27.4. The van der Waals surface area contributed by atoms with E-state index in [-0.39, 0.29) is 11.8 Å². The molecule has 1 unspecified atom stereocenters. The molecule has 1 fully saturated rings. The molecule has 11 heteroatoms. The third kappa shape index (κ3) is 8.07. The Labute approximate surface area is 216 Å². The maximum Gasteiger partial charge on any atom is 0.316 e. The summed E-state index contributed by atoms with van der Waals surface area (Å²) in [5.41, 5.74) is 13.0. The van der Waals surface area contributed by atoms with E-state index in [0.29, 0.717) is 30.3 Å². The van der Waals surface area contributed by atoms with Crippen LogP contribution in [0.4, 0.5) is 16.2 Å². The van der Waals surface area contributed by atoms with Crippen LogP contribution in [0, 0.1) is 0 Å². The number of ether oxygens (including phenoxy) is 1. The van der Waals surface area contributed by atoms with Gasteiger partial charge >= 0.3 is 6.03 Å². The monoisotopic (exact) mass is 509 g/mol. The molecule has 37 heavy (non-hydrogen) atoms. The number of methoxy groups -OCH3 is 1. The van der Waals surface area contributed by atoms with Crippen LogP contribution in [0.5, 0.6) is 0 Å². The van der Waals surface area contributed by atoms with Gasteiger partial charge < -0.3 is 37.1 Å². The molecule has 0 aromatic heterocycles. The van der Waals surface area contributed by atoms with Gasteiger partial charge in [0.1, 0.15) is 5.60 Å². The summed E-state index contributed by atoms with van der Waals surface area (Å²) in [6, 6.07) is 13.7. The van der Waals surface area contributed by atoms with Crippen molar-refractivity contribution in [2.45, 2.75) is 18.4 Å². The van der Waals surface area contributed by atoms with E-state index in [1.165, 1.54) is 6.08 Å². The molecule has 1 atom stereocenters. The number of likely N-dealkylation sites (tertiary alicyclic amines) is 1. The van der Waals surface area contributed by atoms with Crippen LogP contribution in [0.1, 0.15) is 28.8 Å². The van der Waals surface area contributed by atoms with E-state index in [1.54, 1.807) is 62.5 Å². The fraction of sp³-hybridized carbons (Fsp3) is 0.308. The number of hydrogen-bond donors (Lipinski definition) is 5. The lowest BCUT2D eigenvalue weighted by Crippen LogP contribution is -2.49. The number of nitrogens with zero attached hydrogens (tertiary/aromatic N) is 2. The van der Waals surface area contributed by atoms with Gasteiger partial charge in [-0.2, -0.15) is 0 Å². The maximum absolute atomic E-state index is 11.9. The Morgan fingerprint density at radius 1 is 1.05 bits per heavy atom. The van der Waals surface area contributed by atoms with Crippen molar-refractivity contribution in [1.82, 2.24) is 10.2 Å². The minimum Gasteiger partial charge on any atom is -0.372 e. The Bertz CT molecular complexity index is 1120. The van der Waals surface area contributed by atoms with Crippen LogP contribution >= 0.6 is 0 Å². The van der Waals surface area contributed by atoms with Crippen molar-refractivity contribution in [3.05, 3.63) is 72.3 Å². The molecule has 0 bridgehead atoms. The summed E-state index contributed by atoms with van der Waals surface area (Å²) < 4.78 is 5.77. The second-order valence-electron chi connectivity index (χ2n) is 8.22. The molecule has 7 N–H and O–H groups in total. The number of aliphatic imine (C=N–C) groups is 1. The van der Waals surface area contributed by atoms with E-state index >= 15 is 0 Å². The quantitative estimate of drug-likeness (QED) is 0.228. The third-order valence-electron chi connectivity index (χ3n) is 5.90. The molecule has 1 saturated heterocycles. The van der Waals surface area contributed by atoms with Gasteiger partial charge in [0.2, 0.25) is 5.91 Å². The van der Waals surface area contributed by atoms with Gasteiger partial charge in [-0.05, 0) is 60.9 Å². The number of primary amides is 1. The lowest BCUT2D eigenvalue weighted by atomic mass is 9.85. The summed E-state index contributed by atoms with van der Waals surface area (Å²) in [5, 5.41) is 7.94. The molecule has 2 aromatic rings. The van der Waals surface area contributed by atoms with Crippen molar-refractivity contribution in [3.8, 4) is 0 Å². The van der Waals surface area contributed by atoms with E-state index in [9.17, 15) is 14.4 Å². The molecule has 3 rings (SSSR count). The van der Waals surface area contributed by atoms with Gasteiger partial charge in [0.05, 0.1) is 6.54 Å². The highest BCUT2D eigenvalue weighted by atomic mass is 16.5. The molecule has 198 valence electrons. The molecule has 0 saturated carbocycles. The molecular formula is C26H35N7O4. The largest absolute Gasteiger partial charge is 0.372 e. The molecule has 0 spiro atoms. The van der Waals surface area contributed by atoms with Crippen molar-refractivity contribution in [2.75, 3.05) is 44.9 Å². The van der Waals surface area contributed by atoms with Gasteiger partial charge in [-0.1, -0.05) is 18.7 Å². The van der Waals surface area contributed by atoms with Crippen LogP contribution in [-0.4, -0.2) is 63.0 Å². The molecule has 1 aliphatic heterocycles. The molecule has 1 heterocycles. The minimum absolute atomic E-state index is 0.0897. The zero-order valence-corrected chi connectivity index (χ0v) is 21.4. The Balaban J connectivity index is 0.000000281. The number of rotatable bonds is 6. The van der Waals surface area contributed by atoms with Crippen LogP contribution in [0.15, 0.2) is 66.2 Å². The van der Waals surface area contributed by atoms with E-state index in [4.69, 9.17) is 16.2 Å². The number of amides is 4. The first-order valence-electron chi connectivity index (χ1n) is 11.6. The zero-order valence-electron chi connectivity index (χ0n) is 21.4. The Hall–Kier alpha value is -4.38. The normalized spacial score (nSPS) is 17.1. The summed E-state index contributed by atoms with van der Waals surface area (Å²) in [5.74, 6) is 0.134. The average Bonchev–Trinajstić information content (AvgIpc) is 2.92. The fourth-order valence-electron chi connectivity index (χ4n) is 3.91. The number of piperidine rings is 1. The van der Waals surface area contributed by atoms with Crippen LogP contribution in [0.2, 0.25) is 0 Å². The first-order chi connectivity index (χ1) is 17.7. The average molecular weight is 510 g/mol. The summed E-state index contributed by atoms with van der Waals surface area (Å²) in [6.45, 7) is 4.73. The number of hydrogen-bond acceptors (Lipinski definition) is 5. The smallest absolute Gasteiger partial charge is 0.316 e. The SMILES string of the molecule is C=CC(=O)N1CCCC(OC)(c2ccc(NC(N)=O)cc2)C1.CN=C(N)Nc1ccc(C(=O)NC)cc1. The van der Waals surface area contributed by atoms with Crippen molar-refractivity contribution in [1.29, 1.82) is 0 Å². The number of carbonyl (C=O) groups is 3. The van der Waals surface area contributed by atoms with Crippen LogP contribution in [-0.2, 0) is 15.1 Å². The number of nitrogens with one attached hydrogen (secondary N) is 3. The van der Waals surface area contributed by atoms with E-state index in [1.807, 2.05) is 12.1 Å². The Morgan fingerprint density at radius 3 is 2.16 bits per heavy atom. The van der Waals surface area contributed by atoms with Gasteiger partial charge in [0.25, 0.3) is 5.91 Å².